The van der Waals surface area contributed by atoms with E-state index in [1.807, 2.05) is 0 Å². The maximum atomic E-state index is 0. The molecule has 0 amide bonds. The smallest absolute Gasteiger partial charge is 2.00 e. The quantitative estimate of drug-likeness (QED) is 0.221. The van der Waals surface area contributed by atoms with Gasteiger partial charge in [0.2, 0.25) is 0 Å². The van der Waals surface area contributed by atoms with E-state index in [0.717, 1.165) is 0 Å². The van der Waals surface area contributed by atoms with Crippen LogP contribution in [-0.4, -0.2) is 0 Å². The van der Waals surface area contributed by atoms with Gasteiger partial charge in [0, 0.05) is 0 Å². The van der Waals surface area contributed by atoms with Crippen LogP contribution in [0.4, 0.5) is 0 Å². The van der Waals surface area contributed by atoms with E-state index in [1.54, 1.807) is 0 Å². The van der Waals surface area contributed by atoms with Crippen molar-refractivity contribution in [1.82, 2.24) is 0 Å². The molecule has 14 nitrogen and oxygen atoms in total. The second-order valence-electron chi connectivity index (χ2n) is 0. The minimum Gasteiger partial charge on any atom is -2.00 e. The van der Waals surface area contributed by atoms with Gasteiger partial charge in [0.25, 0.3) is 0 Å². The Labute approximate surface area is 313 Å². The predicted molar refractivity (Wildman–Crippen MR) is 9.61 cm³/mol. The Balaban J connectivity index is 0. The maximum absolute atomic E-state index is 0. The maximum Gasteiger partial charge on any atom is 6.00 e. The van der Waals surface area contributed by atoms with E-state index in [0.29, 0.717) is 0 Å². The van der Waals surface area contributed by atoms with Gasteiger partial charge >= 0.3 is 245 Å². The van der Waals surface area contributed by atoms with Crippen molar-refractivity contribution in [1.29, 1.82) is 0 Å². The van der Waals surface area contributed by atoms with Gasteiger partial charge in [0.1, 0.15) is 0 Å². The molecule has 0 spiro atoms. The molecule has 0 aliphatic carbocycles. The summed E-state index contributed by atoms with van der Waals surface area (Å²) in [5, 5.41) is 0. The first kappa shape index (κ1) is 449. The summed E-state index contributed by atoms with van der Waals surface area (Å²) in [5.74, 6) is 0. The van der Waals surface area contributed by atoms with Crippen molar-refractivity contribution in [2.24, 2.45) is 0 Å². The van der Waals surface area contributed by atoms with E-state index < -0.39 is 0 Å². The van der Waals surface area contributed by atoms with Crippen LogP contribution in [0.3, 0.4) is 0 Å². The van der Waals surface area contributed by atoms with E-state index in [-0.39, 0.29) is 322 Å². The Bertz CT molecular complexity index is 32.8. The van der Waals surface area contributed by atoms with Gasteiger partial charge in [-0.3, -0.25) is 0 Å². The van der Waals surface area contributed by atoms with Crippen LogP contribution in [0.25, 0.3) is 0 Å². The molecule has 0 N–H and O–H groups in total. The SMILES string of the molecule is [Cr+6].[Cr+6].[Cr+6].[Cr+6].[Na+].[Na+].[O-2].[O-2].[O-2].[O-2].[O-2].[O-2].[O-2].[O-2].[O-2].[O-2].[O-2].[O-2].[O-2].[O-2].[Rb+].[Rb+]. The fourth-order valence-corrected chi connectivity index (χ4v) is 0. The molecule has 0 fully saturated rings. The molecule has 0 unspecified atom stereocenters. The predicted octanol–water partition coefficient (Wildman–Crippen LogP) is -13.7. The third kappa shape index (κ3) is 361. The average molecular weight is 649 g/mol. The topological polar surface area (TPSA) is 399 Å². The van der Waals surface area contributed by atoms with E-state index in [2.05, 4.69) is 0 Å². The van der Waals surface area contributed by atoms with Gasteiger partial charge in [0.15, 0.2) is 0 Å². The molecule has 0 rings (SSSR count). The van der Waals surface area contributed by atoms with E-state index >= 15 is 0 Å². The van der Waals surface area contributed by atoms with Crippen LogP contribution < -0.4 is 175 Å². The van der Waals surface area contributed by atoms with Crippen molar-refractivity contribution in [2.75, 3.05) is 0 Å². The zero-order valence-corrected chi connectivity index (χ0v) is 30.3. The van der Waals surface area contributed by atoms with Crippen molar-refractivity contribution < 1.29 is 322 Å². The molecular formula is Cr4Na2O14Rb2. The first-order valence-corrected chi connectivity index (χ1v) is 0. The van der Waals surface area contributed by atoms with E-state index in [9.17, 15) is 0 Å². The number of hydrogen-bond acceptors (Lipinski definition) is 0. The van der Waals surface area contributed by atoms with Gasteiger partial charge in [-0.05, 0) is 0 Å². The molecule has 0 aliphatic rings. The molecule has 22 heavy (non-hydrogen) atoms. The first-order chi connectivity index (χ1) is 0. The molecule has 0 aromatic rings. The second kappa shape index (κ2) is 404. The van der Waals surface area contributed by atoms with E-state index in [4.69, 9.17) is 0 Å². The monoisotopic (exact) mass is 647 g/mol. The molecule has 0 heterocycles. The summed E-state index contributed by atoms with van der Waals surface area (Å²) in [4.78, 5) is 0. The summed E-state index contributed by atoms with van der Waals surface area (Å²) in [7, 11) is 0. The molecule has 0 saturated carbocycles. The Morgan fingerprint density at radius 1 is 0.182 bits per heavy atom. The third-order valence-electron chi connectivity index (χ3n) is 0. The zero-order valence-electron chi connectivity index (χ0n) is 11.3. The molecule has 0 aromatic carbocycles. The van der Waals surface area contributed by atoms with Crippen molar-refractivity contribution in [3.05, 3.63) is 0 Å². The van der Waals surface area contributed by atoms with Crippen LogP contribution in [0.1, 0.15) is 0 Å². The molecule has 22 heteroatoms. The molecule has 0 atom stereocenters. The summed E-state index contributed by atoms with van der Waals surface area (Å²) >= 11 is 0. The molecule has 0 radical (unpaired) electrons. The van der Waals surface area contributed by atoms with Crippen LogP contribution in [-0.2, 0) is 146 Å². The fraction of sp³-hybridized carbons (Fsp3) is 0. The van der Waals surface area contributed by atoms with Crippen LogP contribution in [0.2, 0.25) is 0 Å². The van der Waals surface area contributed by atoms with Crippen LogP contribution in [0, 0.1) is 0 Å². The van der Waals surface area contributed by atoms with Gasteiger partial charge in [-0.1, -0.05) is 0 Å². The summed E-state index contributed by atoms with van der Waals surface area (Å²) in [6.07, 6.45) is 0. The minimum absolute atomic E-state index is 0. The largest absolute Gasteiger partial charge is 6.00 e. The fourth-order valence-electron chi connectivity index (χ4n) is 0. The summed E-state index contributed by atoms with van der Waals surface area (Å²) < 4.78 is 0. The minimum atomic E-state index is 0. The normalized spacial score (nSPS) is 0. The first-order valence-electron chi connectivity index (χ1n) is 0. The Morgan fingerprint density at radius 3 is 0.182 bits per heavy atom. The Kier molecular flexibility index (Phi) is 8250. The molecule has 0 saturated heterocycles. The van der Waals surface area contributed by atoms with Gasteiger partial charge in [0.05, 0.1) is 0 Å². The number of hydrogen-bond donors (Lipinski definition) is 0. The Hall–Kier alpha value is 7.18. The van der Waals surface area contributed by atoms with E-state index in [1.165, 1.54) is 0 Å². The van der Waals surface area contributed by atoms with Crippen molar-refractivity contribution in [3.63, 3.8) is 0 Å². The summed E-state index contributed by atoms with van der Waals surface area (Å²) in [6, 6.07) is 0. The van der Waals surface area contributed by atoms with Gasteiger partial charge < -0.3 is 76.7 Å². The van der Waals surface area contributed by atoms with Gasteiger partial charge in [-0.2, -0.15) is 0 Å². The third-order valence-corrected chi connectivity index (χ3v) is 0. The van der Waals surface area contributed by atoms with Crippen molar-refractivity contribution >= 4 is 0 Å². The molecule has 0 aliphatic heterocycles. The van der Waals surface area contributed by atoms with Crippen LogP contribution >= 0.6 is 0 Å². The van der Waals surface area contributed by atoms with Crippen molar-refractivity contribution in [3.8, 4) is 0 Å². The standard InChI is InChI=1S/4Cr.2Na.14O.2Rb/q4*+6;2*+1;14*-2;2*+1. The molecule has 0 bridgehead atoms. The van der Waals surface area contributed by atoms with Crippen LogP contribution in [0.15, 0.2) is 0 Å². The van der Waals surface area contributed by atoms with Gasteiger partial charge in [-0.15, -0.1) is 0 Å². The zero-order chi connectivity index (χ0) is 0. The second-order valence-corrected chi connectivity index (χ2v) is 0. The van der Waals surface area contributed by atoms with Gasteiger partial charge in [-0.25, -0.2) is 0 Å². The van der Waals surface area contributed by atoms with Crippen LogP contribution in [0.5, 0.6) is 0 Å². The average Bonchev–Trinajstić information content (AvgIpc) is 0. The Morgan fingerprint density at radius 2 is 0.182 bits per heavy atom. The summed E-state index contributed by atoms with van der Waals surface area (Å²) in [5.41, 5.74) is 0. The number of rotatable bonds is 0. The molecule has 0 aromatic heterocycles. The molecular weight excluding hydrogens is 649 g/mol. The summed E-state index contributed by atoms with van der Waals surface area (Å²) in [6.45, 7) is 0. The van der Waals surface area contributed by atoms with Crippen molar-refractivity contribution in [2.45, 2.75) is 0 Å². The molecule has 112 valence electrons.